The topological polar surface area (TPSA) is 404 Å². The number of carbonyl (C=O) groups excluding carboxylic acids is 6. The second-order valence-corrected chi connectivity index (χ2v) is 21.6. The first kappa shape index (κ1) is 62.5. The van der Waals surface area contributed by atoms with Gasteiger partial charge in [-0.1, -0.05) is 72.9 Å². The second kappa shape index (κ2) is 31.9. The number of benzene rings is 1. The zero-order valence-corrected chi connectivity index (χ0v) is 47.6. The van der Waals surface area contributed by atoms with E-state index in [1.807, 2.05) is 91.5 Å². The van der Waals surface area contributed by atoms with Crippen LogP contribution in [-0.2, 0) is 14.4 Å². The Morgan fingerprint density at radius 1 is 0.393 bits per heavy atom. The van der Waals surface area contributed by atoms with Crippen molar-refractivity contribution < 1.29 is 28.8 Å². The molecule has 0 spiro atoms. The summed E-state index contributed by atoms with van der Waals surface area (Å²) in [5.41, 5.74) is 35.2. The Morgan fingerprint density at radius 2 is 0.667 bits per heavy atom. The molecule has 6 amide bonds. The third-order valence-corrected chi connectivity index (χ3v) is 15.3. The molecule has 24 heteroatoms. The minimum Gasteiger partial charge on any atom is -0.384 e. The van der Waals surface area contributed by atoms with Crippen molar-refractivity contribution >= 4 is 53.3 Å². The van der Waals surface area contributed by atoms with Crippen LogP contribution in [0.1, 0.15) is 108 Å². The van der Waals surface area contributed by atoms with Crippen LogP contribution in [0.15, 0.2) is 141 Å². The van der Waals surface area contributed by atoms with Gasteiger partial charge in [0, 0.05) is 73.7 Å². The number of allylic oxidation sites excluding steroid dienone is 6. The van der Waals surface area contributed by atoms with Crippen LogP contribution in [0.4, 0.5) is 0 Å². The van der Waals surface area contributed by atoms with Crippen LogP contribution in [0, 0.1) is 17.8 Å². The summed E-state index contributed by atoms with van der Waals surface area (Å²) < 4.78 is 0. The Bertz CT molecular complexity index is 2590. The Labute approximate surface area is 491 Å². The zero-order chi connectivity index (χ0) is 59.8. The number of carbonyl (C=O) groups is 6. The van der Waals surface area contributed by atoms with E-state index in [2.05, 4.69) is 62.8 Å². The number of amides is 6. The summed E-state index contributed by atoms with van der Waals surface area (Å²) >= 11 is 0. The highest BCUT2D eigenvalue weighted by molar-refractivity contribution is 6.07. The molecule has 0 saturated carbocycles. The average molecular weight is 1150 g/mol. The number of aliphatic imine (C=N–C) groups is 3. The summed E-state index contributed by atoms with van der Waals surface area (Å²) in [5.74, 6) is -3.76. The third kappa shape index (κ3) is 19.0. The van der Waals surface area contributed by atoms with Crippen LogP contribution in [0.2, 0.25) is 0 Å². The van der Waals surface area contributed by atoms with Gasteiger partial charge in [0.2, 0.25) is 17.7 Å². The zero-order valence-electron chi connectivity index (χ0n) is 47.6. The number of fused-ring (bicyclic) bond motifs is 3. The maximum atomic E-state index is 14.9. The molecule has 7 rings (SSSR count). The highest BCUT2D eigenvalue weighted by Crippen LogP contribution is 2.32. The van der Waals surface area contributed by atoms with E-state index in [0.717, 1.165) is 36.0 Å². The second-order valence-electron chi connectivity index (χ2n) is 21.6. The van der Waals surface area contributed by atoms with Gasteiger partial charge in [-0.25, -0.2) is 0 Å². The molecule has 84 heavy (non-hydrogen) atoms. The van der Waals surface area contributed by atoms with Gasteiger partial charge in [-0.2, -0.15) is 0 Å². The first-order valence-electron chi connectivity index (χ1n) is 29.1. The van der Waals surface area contributed by atoms with Crippen molar-refractivity contribution in [3.05, 3.63) is 143 Å². The number of unbranched alkanes of at least 4 members (excludes halogenated alkanes) is 6. The molecule has 1 aromatic rings. The van der Waals surface area contributed by atoms with E-state index in [0.29, 0.717) is 77.8 Å². The summed E-state index contributed by atoms with van der Waals surface area (Å²) in [7, 11) is 0. The summed E-state index contributed by atoms with van der Waals surface area (Å²) in [6, 6.07) is 0.627. The van der Waals surface area contributed by atoms with Crippen molar-refractivity contribution in [3.63, 3.8) is 0 Å². The normalized spacial score (nSPS) is 20.9. The average Bonchev–Trinajstić information content (AvgIpc) is 4.36. The standard InChI is InChI=1S/C60H84N18O6/c61-58(62)70-25-13-1-10-22-67-55(82)49(31-40-34-73-46-19-7-4-16-43(40)46)76-52(79)37-28-38(53(80)77-50(32-41-35-74-47-20-8-5-17-44(41)47)56(83)68-23-11-2-14-26-71-59(63)64)30-39(29-37)54(81)78-51(33-42-36-75-48-21-9-6-18-45(42)48)57(84)69-24-12-3-15-27-72-60(65)66/h4-9,16-21,28-30,34-36,43-51,73-75H,1-3,10-15,22-27,31-33H2,(H,67,82)(H,68,83)(H,69,84)(H,76,79)(H,77,80)(H,78,81)(H4,61,62,70)(H4,63,64,71)(H4,65,66,72)/t43?,44?,45?,46?,47?,48?,49-,50-,51-/m0/s1. The van der Waals surface area contributed by atoms with Gasteiger partial charge >= 0.3 is 0 Å². The van der Waals surface area contributed by atoms with Crippen LogP contribution in [-0.4, -0.2) is 129 Å². The first-order valence-corrected chi connectivity index (χ1v) is 29.1. The van der Waals surface area contributed by atoms with Gasteiger partial charge in [-0.05, 0) is 131 Å². The number of guanidine groups is 3. The molecule has 0 radical (unpaired) electrons. The molecule has 0 bridgehead atoms. The fourth-order valence-corrected chi connectivity index (χ4v) is 10.8. The van der Waals surface area contributed by atoms with Gasteiger partial charge in [0.05, 0.1) is 18.1 Å². The van der Waals surface area contributed by atoms with Gasteiger partial charge in [-0.3, -0.25) is 43.7 Å². The molecule has 450 valence electrons. The molecule has 3 heterocycles. The molecule has 9 atom stereocenters. The molecule has 6 aliphatic rings. The molecule has 3 aliphatic carbocycles. The summed E-state index contributed by atoms with van der Waals surface area (Å²) in [5, 5.41) is 27.8. The number of hydrogen-bond donors (Lipinski definition) is 15. The summed E-state index contributed by atoms with van der Waals surface area (Å²) in [6.45, 7) is 2.28. The van der Waals surface area contributed by atoms with Gasteiger partial charge in [-0.15, -0.1) is 0 Å². The molecule has 1 aromatic carbocycles. The molecule has 0 fully saturated rings. The number of nitrogens with one attached hydrogen (secondary N) is 9. The maximum Gasteiger partial charge on any atom is 0.251 e. The quantitative estimate of drug-likeness (QED) is 0.0261. The Hall–Kier alpha value is -9.09. The number of nitrogens with zero attached hydrogens (tertiary/aromatic N) is 3. The molecule has 3 aliphatic heterocycles. The van der Waals surface area contributed by atoms with Crippen molar-refractivity contribution in [2.75, 3.05) is 39.3 Å². The van der Waals surface area contributed by atoms with E-state index in [9.17, 15) is 28.8 Å². The maximum absolute atomic E-state index is 14.9. The van der Waals surface area contributed by atoms with E-state index in [1.54, 1.807) is 0 Å². The smallest absolute Gasteiger partial charge is 0.251 e. The third-order valence-electron chi connectivity index (χ3n) is 15.3. The summed E-state index contributed by atoms with van der Waals surface area (Å²) in [4.78, 5) is 99.4. The molecule has 24 nitrogen and oxygen atoms in total. The van der Waals surface area contributed by atoms with Gasteiger partial charge in [0.15, 0.2) is 17.9 Å². The lowest BCUT2D eigenvalue weighted by atomic mass is 9.87. The van der Waals surface area contributed by atoms with E-state index >= 15 is 0 Å². The largest absolute Gasteiger partial charge is 0.384 e. The number of nitrogens with two attached hydrogens (primary N) is 6. The van der Waals surface area contributed by atoms with Crippen LogP contribution in [0.3, 0.4) is 0 Å². The minimum atomic E-state index is -1.10. The van der Waals surface area contributed by atoms with Crippen molar-refractivity contribution in [2.24, 2.45) is 67.1 Å². The highest BCUT2D eigenvalue weighted by Gasteiger charge is 2.35. The molecular weight excluding hydrogens is 1070 g/mol. The lowest BCUT2D eigenvalue weighted by molar-refractivity contribution is -0.123. The molecule has 21 N–H and O–H groups in total. The highest BCUT2D eigenvalue weighted by atomic mass is 16.2. The van der Waals surface area contributed by atoms with Crippen LogP contribution >= 0.6 is 0 Å². The predicted molar refractivity (Wildman–Crippen MR) is 327 cm³/mol. The van der Waals surface area contributed by atoms with Crippen molar-refractivity contribution in [1.82, 2.24) is 47.9 Å². The minimum absolute atomic E-state index is 0.00668. The Kier molecular flexibility index (Phi) is 23.8. The van der Waals surface area contributed by atoms with Gasteiger partial charge < -0.3 is 82.3 Å². The Balaban J connectivity index is 1.17. The molecule has 0 aromatic heterocycles. The SMILES string of the molecule is NC(N)=NCCCCCNC(=O)[C@H](CC1=CNC2C=CC=CC12)NC(=O)c1cc(C(=O)N[C@@H](CC2=CNC3C=CC=CC23)C(=O)NCCCCCN=C(N)N)cc(C(=O)N[C@@H](CC2=CNC3C=CC=CC23)C(=O)NCCCCCN=C(N)N)c1. The van der Waals surface area contributed by atoms with Crippen LogP contribution < -0.4 is 82.3 Å². The molecular formula is C60H84N18O6. The first-order chi connectivity index (χ1) is 40.6. The fourth-order valence-electron chi connectivity index (χ4n) is 10.8. The molecule has 0 saturated heterocycles. The fraction of sp³-hybridized carbons (Fsp3) is 0.450. The van der Waals surface area contributed by atoms with E-state index in [-0.39, 0.29) is 89.7 Å². The summed E-state index contributed by atoms with van der Waals surface area (Å²) in [6.07, 6.45) is 36.0. The van der Waals surface area contributed by atoms with E-state index in [4.69, 9.17) is 34.4 Å². The van der Waals surface area contributed by atoms with Crippen LogP contribution in [0.25, 0.3) is 0 Å². The Morgan fingerprint density at radius 3 is 0.940 bits per heavy atom. The predicted octanol–water partition coefficient (Wildman–Crippen LogP) is 0.625. The van der Waals surface area contributed by atoms with Crippen molar-refractivity contribution in [3.8, 4) is 0 Å². The van der Waals surface area contributed by atoms with Crippen molar-refractivity contribution in [2.45, 2.75) is 113 Å². The molecule has 6 unspecified atom stereocenters. The van der Waals surface area contributed by atoms with Gasteiger partial charge in [0.25, 0.3) is 17.7 Å². The van der Waals surface area contributed by atoms with E-state index < -0.39 is 53.6 Å². The van der Waals surface area contributed by atoms with Gasteiger partial charge in [0.1, 0.15) is 18.1 Å². The lowest BCUT2D eigenvalue weighted by Gasteiger charge is -2.24. The number of rotatable bonds is 33. The van der Waals surface area contributed by atoms with Crippen LogP contribution in [0.5, 0.6) is 0 Å². The van der Waals surface area contributed by atoms with Crippen molar-refractivity contribution in [1.29, 1.82) is 0 Å². The number of hydrogen-bond acceptors (Lipinski definition) is 12. The lowest BCUT2D eigenvalue weighted by Crippen LogP contribution is -2.48. The van der Waals surface area contributed by atoms with E-state index in [1.165, 1.54) is 18.2 Å². The monoisotopic (exact) mass is 1150 g/mol.